The normalized spacial score (nSPS) is 14.1. The lowest BCUT2D eigenvalue weighted by molar-refractivity contribution is -0.148. The van der Waals surface area contributed by atoms with Gasteiger partial charge in [0.25, 0.3) is 0 Å². The van der Waals surface area contributed by atoms with E-state index >= 15 is 0 Å². The third-order valence-electron chi connectivity index (χ3n) is 3.28. The molecule has 120 valence electrons. The molecule has 0 saturated heterocycles. The van der Waals surface area contributed by atoms with Gasteiger partial charge in [-0.3, -0.25) is 10.1 Å². The van der Waals surface area contributed by atoms with Gasteiger partial charge in [0.05, 0.1) is 19.1 Å². The summed E-state index contributed by atoms with van der Waals surface area (Å²) in [4.78, 5) is 11.9. The molecule has 0 aliphatic heterocycles. The summed E-state index contributed by atoms with van der Waals surface area (Å²) in [6.07, 6.45) is 4.57. The van der Waals surface area contributed by atoms with Crippen molar-refractivity contribution in [3.05, 3.63) is 24.2 Å². The number of nitrogens with one attached hydrogen (secondary N) is 1. The predicted octanol–water partition coefficient (Wildman–Crippen LogP) is 3.61. The molecule has 0 aromatic carbocycles. The summed E-state index contributed by atoms with van der Waals surface area (Å²) in [6, 6.07) is 4.16. The van der Waals surface area contributed by atoms with E-state index < -0.39 is 5.54 Å². The molecule has 5 heteroatoms. The zero-order valence-electron chi connectivity index (χ0n) is 13.5. The van der Waals surface area contributed by atoms with Crippen LogP contribution in [0.5, 0.6) is 0 Å². The maximum absolute atomic E-state index is 11.9. The van der Waals surface area contributed by atoms with E-state index in [-0.39, 0.29) is 12.0 Å². The Morgan fingerprint density at radius 3 is 2.81 bits per heavy atom. The van der Waals surface area contributed by atoms with Gasteiger partial charge in [0.2, 0.25) is 0 Å². The second-order valence-electron chi connectivity index (χ2n) is 5.71. The fraction of sp³-hybridized carbons (Fsp3) is 0.688. The molecule has 0 radical (unpaired) electrons. The molecule has 0 amide bonds. The highest BCUT2D eigenvalue weighted by Gasteiger charge is 2.33. The fourth-order valence-electron chi connectivity index (χ4n) is 2.35. The summed E-state index contributed by atoms with van der Waals surface area (Å²) in [7, 11) is 1.45. The highest BCUT2D eigenvalue weighted by atomic mass is 32.2. The van der Waals surface area contributed by atoms with Crippen molar-refractivity contribution in [2.45, 2.75) is 57.4 Å². The number of hydrogen-bond acceptors (Lipinski definition) is 5. The topological polar surface area (TPSA) is 51.5 Å². The van der Waals surface area contributed by atoms with Crippen molar-refractivity contribution in [3.63, 3.8) is 0 Å². The van der Waals surface area contributed by atoms with E-state index in [0.29, 0.717) is 0 Å². The van der Waals surface area contributed by atoms with Crippen LogP contribution in [0.25, 0.3) is 0 Å². The summed E-state index contributed by atoms with van der Waals surface area (Å²) in [6.45, 7) is 6.01. The molecule has 0 fully saturated rings. The molecule has 1 atom stereocenters. The Morgan fingerprint density at radius 1 is 1.48 bits per heavy atom. The number of hydrogen-bond donors (Lipinski definition) is 1. The summed E-state index contributed by atoms with van der Waals surface area (Å²) in [5.41, 5.74) is -0.589. The van der Waals surface area contributed by atoms with Crippen LogP contribution in [0.3, 0.4) is 0 Å². The van der Waals surface area contributed by atoms with Crippen molar-refractivity contribution >= 4 is 17.7 Å². The van der Waals surface area contributed by atoms with Crippen LogP contribution in [0, 0.1) is 0 Å². The predicted molar refractivity (Wildman–Crippen MR) is 87.4 cm³/mol. The number of esters is 1. The van der Waals surface area contributed by atoms with Gasteiger partial charge in [-0.2, -0.15) is 11.8 Å². The molecule has 0 bridgehead atoms. The van der Waals surface area contributed by atoms with Gasteiger partial charge in [-0.1, -0.05) is 6.42 Å². The fourth-order valence-corrected chi connectivity index (χ4v) is 3.26. The molecular weight excluding hydrogens is 286 g/mol. The molecule has 1 heterocycles. The second-order valence-corrected chi connectivity index (χ2v) is 6.82. The van der Waals surface area contributed by atoms with Crippen LogP contribution in [0.4, 0.5) is 0 Å². The highest BCUT2D eigenvalue weighted by molar-refractivity contribution is 7.98. The van der Waals surface area contributed by atoms with Gasteiger partial charge in [0.15, 0.2) is 0 Å². The average molecular weight is 313 g/mol. The number of thioether (sulfide) groups is 1. The lowest BCUT2D eigenvalue weighted by atomic mass is 9.94. The molecule has 1 N–H and O–H groups in total. The summed E-state index contributed by atoms with van der Waals surface area (Å²) < 4.78 is 10.2. The van der Waals surface area contributed by atoms with E-state index in [0.717, 1.165) is 36.5 Å². The van der Waals surface area contributed by atoms with Gasteiger partial charge in [0.1, 0.15) is 11.3 Å². The zero-order chi connectivity index (χ0) is 15.7. The number of furan rings is 1. The molecule has 1 aromatic heterocycles. The molecule has 0 aliphatic carbocycles. The van der Waals surface area contributed by atoms with Crippen molar-refractivity contribution in [2.75, 3.05) is 12.9 Å². The lowest BCUT2D eigenvalue weighted by Crippen LogP contribution is -2.52. The Hall–Kier alpha value is -0.940. The van der Waals surface area contributed by atoms with Crippen molar-refractivity contribution in [1.82, 2.24) is 5.32 Å². The average Bonchev–Trinajstić information content (AvgIpc) is 2.94. The standard InChI is InChI=1S/C16H27NO3S/c1-13(2)17-16(3,15(18)19-4)9-5-6-11-21-12-14-8-7-10-20-14/h7-8,10,13,17H,5-6,9,11-12H2,1-4H3. The Bertz CT molecular complexity index is 406. The van der Waals surface area contributed by atoms with E-state index in [1.165, 1.54) is 7.11 Å². The molecule has 4 nitrogen and oxygen atoms in total. The van der Waals surface area contributed by atoms with Crippen LogP contribution in [0.2, 0.25) is 0 Å². The first kappa shape index (κ1) is 18.1. The van der Waals surface area contributed by atoms with Crippen molar-refractivity contribution in [3.8, 4) is 0 Å². The number of unbranched alkanes of at least 4 members (excludes halogenated alkanes) is 1. The van der Waals surface area contributed by atoms with Gasteiger partial charge >= 0.3 is 5.97 Å². The quantitative estimate of drug-likeness (QED) is 0.528. The SMILES string of the molecule is COC(=O)C(C)(CCCCSCc1ccco1)NC(C)C. The smallest absolute Gasteiger partial charge is 0.325 e. The molecule has 1 aromatic rings. The van der Waals surface area contributed by atoms with Crippen LogP contribution in [0.1, 0.15) is 45.8 Å². The van der Waals surface area contributed by atoms with Crippen molar-refractivity contribution in [1.29, 1.82) is 0 Å². The monoisotopic (exact) mass is 313 g/mol. The summed E-state index contributed by atoms with van der Waals surface area (Å²) in [5.74, 6) is 2.81. The molecule has 0 spiro atoms. The Kier molecular flexibility index (Phi) is 7.89. The lowest BCUT2D eigenvalue weighted by Gasteiger charge is -2.30. The van der Waals surface area contributed by atoms with E-state index in [2.05, 4.69) is 5.32 Å². The molecule has 1 rings (SSSR count). The first-order valence-corrected chi connectivity index (χ1v) is 8.59. The van der Waals surface area contributed by atoms with Crippen LogP contribution >= 0.6 is 11.8 Å². The second kappa shape index (κ2) is 9.15. The Balaban J connectivity index is 2.25. The van der Waals surface area contributed by atoms with Crippen LogP contribution in [-0.4, -0.2) is 30.4 Å². The number of ether oxygens (including phenoxy) is 1. The third-order valence-corrected chi connectivity index (χ3v) is 4.35. The van der Waals surface area contributed by atoms with Gasteiger partial charge in [-0.15, -0.1) is 0 Å². The zero-order valence-corrected chi connectivity index (χ0v) is 14.3. The first-order valence-electron chi connectivity index (χ1n) is 7.44. The Morgan fingerprint density at radius 2 is 2.24 bits per heavy atom. The van der Waals surface area contributed by atoms with Crippen LogP contribution in [-0.2, 0) is 15.3 Å². The van der Waals surface area contributed by atoms with Crippen molar-refractivity contribution in [2.24, 2.45) is 0 Å². The van der Waals surface area contributed by atoms with E-state index in [9.17, 15) is 4.79 Å². The minimum Gasteiger partial charge on any atom is -0.468 e. The van der Waals surface area contributed by atoms with Crippen molar-refractivity contribution < 1.29 is 13.9 Å². The number of methoxy groups -OCH3 is 1. The van der Waals surface area contributed by atoms with Crippen LogP contribution < -0.4 is 5.32 Å². The largest absolute Gasteiger partial charge is 0.468 e. The minimum atomic E-state index is -0.589. The summed E-state index contributed by atoms with van der Waals surface area (Å²) in [5, 5.41) is 3.32. The van der Waals surface area contributed by atoms with Gasteiger partial charge in [-0.25, -0.2) is 0 Å². The minimum absolute atomic E-state index is 0.181. The van der Waals surface area contributed by atoms with E-state index in [1.807, 2.05) is 44.7 Å². The van der Waals surface area contributed by atoms with E-state index in [4.69, 9.17) is 9.15 Å². The number of carbonyl (C=O) groups is 1. The maximum atomic E-state index is 11.9. The van der Waals surface area contributed by atoms with E-state index in [1.54, 1.807) is 6.26 Å². The molecular formula is C16H27NO3S. The molecule has 21 heavy (non-hydrogen) atoms. The third kappa shape index (κ3) is 6.57. The molecule has 0 saturated carbocycles. The maximum Gasteiger partial charge on any atom is 0.325 e. The van der Waals surface area contributed by atoms with Gasteiger partial charge in [0, 0.05) is 6.04 Å². The number of rotatable bonds is 10. The first-order chi connectivity index (χ1) is 9.98. The number of carbonyl (C=O) groups excluding carboxylic acids is 1. The molecule has 1 unspecified atom stereocenters. The summed E-state index contributed by atoms with van der Waals surface area (Å²) >= 11 is 1.86. The molecule has 0 aliphatic rings. The van der Waals surface area contributed by atoms with Crippen LogP contribution in [0.15, 0.2) is 22.8 Å². The van der Waals surface area contributed by atoms with Gasteiger partial charge < -0.3 is 9.15 Å². The highest BCUT2D eigenvalue weighted by Crippen LogP contribution is 2.19. The van der Waals surface area contributed by atoms with Gasteiger partial charge in [-0.05, 0) is 51.5 Å². The Labute approximate surface area is 132 Å².